The summed E-state index contributed by atoms with van der Waals surface area (Å²) < 4.78 is 7.81. The molecule has 100 valence electrons. The summed E-state index contributed by atoms with van der Waals surface area (Å²) in [7, 11) is 0. The summed E-state index contributed by atoms with van der Waals surface area (Å²) >= 11 is 0. The molecule has 18 heavy (non-hydrogen) atoms. The molecular weight excluding hydrogens is 226 g/mol. The molecule has 1 aromatic rings. The summed E-state index contributed by atoms with van der Waals surface area (Å²) in [5.74, 6) is 0.910. The van der Waals surface area contributed by atoms with Gasteiger partial charge in [0.25, 0.3) is 0 Å². The van der Waals surface area contributed by atoms with E-state index in [1.54, 1.807) is 0 Å². The molecule has 3 nitrogen and oxygen atoms in total. The summed E-state index contributed by atoms with van der Waals surface area (Å²) in [6, 6.07) is 1.98. The van der Waals surface area contributed by atoms with Gasteiger partial charge >= 0.3 is 0 Å². The van der Waals surface area contributed by atoms with E-state index in [1.807, 2.05) is 6.07 Å². The first-order chi connectivity index (χ1) is 8.68. The third-order valence-corrected chi connectivity index (χ3v) is 3.34. The Bertz CT molecular complexity index is 407. The van der Waals surface area contributed by atoms with Crippen LogP contribution in [0, 0.1) is 5.92 Å². The lowest BCUT2D eigenvalue weighted by atomic mass is 9.97. The number of fused-ring (bicyclic) bond motifs is 1. The largest absolute Gasteiger partial charge is 0.381 e. The zero-order chi connectivity index (χ0) is 13.0. The van der Waals surface area contributed by atoms with Crippen molar-refractivity contribution in [3.05, 3.63) is 23.5 Å². The van der Waals surface area contributed by atoms with Gasteiger partial charge in [0.05, 0.1) is 0 Å². The highest BCUT2D eigenvalue weighted by Gasteiger charge is 2.19. The lowest BCUT2D eigenvalue weighted by Crippen LogP contribution is -2.14. The number of aryl methyl sites for hydroxylation is 1. The van der Waals surface area contributed by atoms with Crippen LogP contribution in [-0.2, 0) is 17.7 Å². The molecule has 0 radical (unpaired) electrons. The Morgan fingerprint density at radius 2 is 2.22 bits per heavy atom. The molecule has 0 atom stereocenters. The van der Waals surface area contributed by atoms with Crippen molar-refractivity contribution < 1.29 is 9.53 Å². The summed E-state index contributed by atoms with van der Waals surface area (Å²) in [5, 5.41) is 0. The Balaban J connectivity index is 1.82. The number of carbonyl (C=O) groups is 1. The van der Waals surface area contributed by atoms with E-state index in [2.05, 4.69) is 24.6 Å². The van der Waals surface area contributed by atoms with Crippen molar-refractivity contribution in [2.75, 3.05) is 13.2 Å². The van der Waals surface area contributed by atoms with Gasteiger partial charge < -0.3 is 9.30 Å². The molecule has 0 aromatic carbocycles. The van der Waals surface area contributed by atoms with Crippen LogP contribution in [0.25, 0.3) is 0 Å². The third-order valence-electron chi connectivity index (χ3n) is 3.34. The van der Waals surface area contributed by atoms with Gasteiger partial charge in [-0.25, -0.2) is 0 Å². The predicted molar refractivity (Wildman–Crippen MR) is 72.0 cm³/mol. The van der Waals surface area contributed by atoms with E-state index in [4.69, 9.17) is 4.74 Å². The SMILES string of the molecule is CC(C)COCCCn1ccc2c1CCCC2=O. The van der Waals surface area contributed by atoms with Crippen molar-refractivity contribution in [2.24, 2.45) is 5.92 Å². The highest BCUT2D eigenvalue weighted by molar-refractivity contribution is 5.98. The molecule has 1 aliphatic rings. The molecule has 2 rings (SSSR count). The monoisotopic (exact) mass is 249 g/mol. The Morgan fingerprint density at radius 3 is 3.00 bits per heavy atom. The fraction of sp³-hybridized carbons (Fsp3) is 0.667. The minimum absolute atomic E-state index is 0.311. The molecule has 0 bridgehead atoms. The molecule has 0 saturated carbocycles. The maximum atomic E-state index is 11.7. The van der Waals surface area contributed by atoms with Crippen LogP contribution in [0.1, 0.15) is 49.2 Å². The second kappa shape index (κ2) is 6.19. The molecule has 0 unspecified atom stereocenters. The Hall–Kier alpha value is -1.09. The standard InChI is InChI=1S/C15H23NO2/c1-12(2)11-18-10-4-8-16-9-7-13-14(16)5-3-6-15(13)17/h7,9,12H,3-6,8,10-11H2,1-2H3. The highest BCUT2D eigenvalue weighted by Crippen LogP contribution is 2.22. The number of nitrogens with zero attached hydrogens (tertiary/aromatic N) is 1. The smallest absolute Gasteiger partial charge is 0.164 e. The second-order valence-corrected chi connectivity index (χ2v) is 5.47. The molecule has 0 spiro atoms. The molecule has 1 aromatic heterocycles. The average Bonchev–Trinajstić information content (AvgIpc) is 2.73. The summed E-state index contributed by atoms with van der Waals surface area (Å²) in [6.07, 6.45) is 5.83. The van der Waals surface area contributed by atoms with Gasteiger partial charge in [-0.05, 0) is 31.2 Å². The van der Waals surface area contributed by atoms with E-state index in [-0.39, 0.29) is 0 Å². The van der Waals surface area contributed by atoms with Crippen LogP contribution in [0.2, 0.25) is 0 Å². The van der Waals surface area contributed by atoms with E-state index < -0.39 is 0 Å². The number of Topliss-reactive ketones (excluding diaryl/α,β-unsaturated/α-hetero) is 1. The van der Waals surface area contributed by atoms with Crippen LogP contribution in [0.3, 0.4) is 0 Å². The fourth-order valence-corrected chi connectivity index (χ4v) is 2.45. The third kappa shape index (κ3) is 3.22. The topological polar surface area (TPSA) is 31.2 Å². The van der Waals surface area contributed by atoms with Crippen LogP contribution >= 0.6 is 0 Å². The van der Waals surface area contributed by atoms with Crippen LogP contribution in [0.4, 0.5) is 0 Å². The molecule has 1 heterocycles. The molecule has 0 aliphatic heterocycles. The van der Waals surface area contributed by atoms with Gasteiger partial charge in [0.15, 0.2) is 5.78 Å². The molecule has 0 fully saturated rings. The van der Waals surface area contributed by atoms with Crippen LogP contribution in [-0.4, -0.2) is 23.6 Å². The number of carbonyl (C=O) groups excluding carboxylic acids is 1. The number of hydrogen-bond donors (Lipinski definition) is 0. The summed E-state index contributed by atoms with van der Waals surface area (Å²) in [6.45, 7) is 6.92. The average molecular weight is 249 g/mol. The lowest BCUT2D eigenvalue weighted by Gasteiger charge is -2.15. The Morgan fingerprint density at radius 1 is 1.39 bits per heavy atom. The second-order valence-electron chi connectivity index (χ2n) is 5.47. The molecular formula is C15H23NO2. The van der Waals surface area contributed by atoms with Gasteiger partial charge in [-0.1, -0.05) is 13.8 Å². The first-order valence-corrected chi connectivity index (χ1v) is 6.97. The minimum atomic E-state index is 0.311. The molecule has 0 amide bonds. The van der Waals surface area contributed by atoms with Crippen LogP contribution in [0.15, 0.2) is 12.3 Å². The molecule has 0 saturated heterocycles. The van der Waals surface area contributed by atoms with E-state index in [0.29, 0.717) is 18.1 Å². The van der Waals surface area contributed by atoms with E-state index in [9.17, 15) is 4.79 Å². The van der Waals surface area contributed by atoms with Crippen LogP contribution < -0.4 is 0 Å². The normalized spacial score (nSPS) is 15.2. The van der Waals surface area contributed by atoms with Crippen molar-refractivity contribution in [1.82, 2.24) is 4.57 Å². The van der Waals surface area contributed by atoms with Crippen molar-refractivity contribution >= 4 is 5.78 Å². The zero-order valence-electron chi connectivity index (χ0n) is 11.4. The first-order valence-electron chi connectivity index (χ1n) is 6.97. The van der Waals surface area contributed by atoms with Gasteiger partial charge in [0, 0.05) is 43.6 Å². The fourth-order valence-electron chi connectivity index (χ4n) is 2.45. The van der Waals surface area contributed by atoms with Crippen molar-refractivity contribution in [3.63, 3.8) is 0 Å². The summed E-state index contributed by atoms with van der Waals surface area (Å²) in [5.41, 5.74) is 2.18. The van der Waals surface area contributed by atoms with E-state index >= 15 is 0 Å². The van der Waals surface area contributed by atoms with Gasteiger partial charge in [0.1, 0.15) is 0 Å². The number of rotatable bonds is 6. The van der Waals surface area contributed by atoms with Crippen molar-refractivity contribution in [1.29, 1.82) is 0 Å². The number of ketones is 1. The van der Waals surface area contributed by atoms with Gasteiger partial charge in [-0.2, -0.15) is 0 Å². The maximum absolute atomic E-state index is 11.7. The number of aromatic nitrogens is 1. The Kier molecular flexibility index (Phi) is 4.59. The van der Waals surface area contributed by atoms with Gasteiger partial charge in [-0.3, -0.25) is 4.79 Å². The number of hydrogen-bond acceptors (Lipinski definition) is 2. The molecule has 3 heteroatoms. The van der Waals surface area contributed by atoms with E-state index in [0.717, 1.165) is 44.6 Å². The number of ether oxygens (including phenoxy) is 1. The predicted octanol–water partition coefficient (Wildman–Crippen LogP) is 3.07. The van der Waals surface area contributed by atoms with Crippen molar-refractivity contribution in [2.45, 2.75) is 46.1 Å². The van der Waals surface area contributed by atoms with Gasteiger partial charge in [0.2, 0.25) is 0 Å². The van der Waals surface area contributed by atoms with E-state index in [1.165, 1.54) is 5.69 Å². The molecule has 1 aliphatic carbocycles. The van der Waals surface area contributed by atoms with Gasteiger partial charge in [-0.15, -0.1) is 0 Å². The Labute approximate surface area is 109 Å². The highest BCUT2D eigenvalue weighted by atomic mass is 16.5. The van der Waals surface area contributed by atoms with Crippen LogP contribution in [0.5, 0.6) is 0 Å². The maximum Gasteiger partial charge on any atom is 0.164 e. The first kappa shape index (κ1) is 13.3. The molecule has 0 N–H and O–H groups in total. The lowest BCUT2D eigenvalue weighted by molar-refractivity contribution is 0.0971. The quantitative estimate of drug-likeness (QED) is 0.725. The minimum Gasteiger partial charge on any atom is -0.381 e. The summed E-state index contributed by atoms with van der Waals surface area (Å²) in [4.78, 5) is 11.7. The zero-order valence-corrected chi connectivity index (χ0v) is 11.4. The van der Waals surface area contributed by atoms with Crippen molar-refractivity contribution in [3.8, 4) is 0 Å².